The van der Waals surface area contributed by atoms with Crippen molar-refractivity contribution in [1.82, 2.24) is 10.3 Å². The first kappa shape index (κ1) is 59.2. The minimum atomic E-state index is -1.87. The average Bonchev–Trinajstić information content (AvgIpc) is 3.67. The van der Waals surface area contributed by atoms with E-state index in [4.69, 9.17) is 16.2 Å². The number of guanidine groups is 1. The Morgan fingerprint density at radius 2 is 1.70 bits per heavy atom. The highest BCUT2D eigenvalue weighted by Gasteiger charge is 2.76. The fourth-order valence-corrected chi connectivity index (χ4v) is 18.8. The number of esters is 1. The maximum atomic E-state index is 16.3. The number of unbranched alkanes of at least 4 members (excludes halogenated alkanes) is 2. The molecular weight excluding hydrogens is 1020 g/mol. The molecule has 15 nitrogen and oxygen atoms in total. The lowest BCUT2D eigenvalue weighted by Crippen LogP contribution is -2.68. The van der Waals surface area contributed by atoms with E-state index in [2.05, 4.69) is 60.9 Å². The lowest BCUT2D eigenvalue weighted by Gasteiger charge is -2.66. The molecule has 12 N–H and O–H groups in total. The number of aromatic amines is 1. The van der Waals surface area contributed by atoms with E-state index in [0.717, 1.165) is 56.1 Å². The summed E-state index contributed by atoms with van der Waals surface area (Å²) in [6, 6.07) is 8.66. The number of benzene rings is 1. The first-order valence-electron chi connectivity index (χ1n) is 30.9. The van der Waals surface area contributed by atoms with Crippen LogP contribution in [0.2, 0.25) is 0 Å². The summed E-state index contributed by atoms with van der Waals surface area (Å²) < 4.78 is 5.96. The summed E-state index contributed by atoms with van der Waals surface area (Å²) in [5.74, 6) is 5.08. The second-order valence-electron chi connectivity index (χ2n) is 27.3. The molecule has 0 bridgehead atoms. The van der Waals surface area contributed by atoms with Gasteiger partial charge in [-0.3, -0.25) is 19.4 Å². The largest absolute Gasteiger partial charge is 0.508 e. The number of phenols is 1. The lowest BCUT2D eigenvalue weighted by atomic mass is 9.39. The molecule has 7 aliphatic carbocycles. The van der Waals surface area contributed by atoms with E-state index in [1.165, 1.54) is 5.57 Å². The zero-order valence-electron chi connectivity index (χ0n) is 48.7. The Balaban J connectivity index is 1.13. The predicted molar refractivity (Wildman–Crippen MR) is 309 cm³/mol. The van der Waals surface area contributed by atoms with Crippen LogP contribution in [-0.2, 0) is 25.5 Å². The molecule has 0 amide bonds. The number of nitrogens with one attached hydrogen (secondary N) is 2. The molecule has 442 valence electrons. The number of phenolic OH excluding ortho intramolecular Hbond substituents is 1. The summed E-state index contributed by atoms with van der Waals surface area (Å²) >= 11 is 0. The monoisotopic (exact) mass is 1120 g/mol. The van der Waals surface area contributed by atoms with Crippen LogP contribution in [0.4, 0.5) is 0 Å². The van der Waals surface area contributed by atoms with Crippen LogP contribution in [0.5, 0.6) is 5.75 Å². The average molecular weight is 1120 g/mol. The molecule has 5 fully saturated rings. The minimum Gasteiger partial charge on any atom is -0.508 e. The van der Waals surface area contributed by atoms with E-state index < -0.39 is 69.4 Å². The second-order valence-corrected chi connectivity index (χ2v) is 27.3. The normalized spacial score (nSPS) is 41.1. The number of carbonyl (C=O) groups excluding carboxylic acids is 3. The molecule has 1 saturated heterocycles. The highest BCUT2D eigenvalue weighted by molar-refractivity contribution is 6.03. The van der Waals surface area contributed by atoms with Gasteiger partial charge in [0.15, 0.2) is 17.5 Å². The van der Waals surface area contributed by atoms with Gasteiger partial charge < -0.3 is 57.1 Å². The van der Waals surface area contributed by atoms with Crippen LogP contribution >= 0.6 is 0 Å². The molecule has 2 aromatic rings. The van der Waals surface area contributed by atoms with Crippen LogP contribution in [0, 0.1) is 87.3 Å². The number of hydrogen-bond donors (Lipinski definition) is 10. The van der Waals surface area contributed by atoms with E-state index in [1.807, 2.05) is 18.5 Å². The number of cyclic esters (lactones) is 1. The number of aliphatic hydroxyl groups excluding tert-OH is 3. The summed E-state index contributed by atoms with van der Waals surface area (Å²) in [4.78, 5) is 52.0. The summed E-state index contributed by atoms with van der Waals surface area (Å²) in [6.45, 7) is 10.5. The molecule has 19 atom stereocenters. The molecule has 0 spiro atoms. The topological polar surface area (TPSA) is 274 Å². The number of carbonyl (C=O) groups is 3. The zero-order valence-corrected chi connectivity index (χ0v) is 48.7. The van der Waals surface area contributed by atoms with Crippen molar-refractivity contribution in [1.29, 1.82) is 0 Å². The number of aliphatic imine (C=N–C) groups is 1. The molecule has 10 rings (SSSR count). The third-order valence-corrected chi connectivity index (χ3v) is 22.9. The van der Waals surface area contributed by atoms with Crippen molar-refractivity contribution in [3.8, 4) is 17.6 Å². The maximum absolute atomic E-state index is 16.3. The zero-order chi connectivity index (χ0) is 57.8. The van der Waals surface area contributed by atoms with Crippen molar-refractivity contribution < 1.29 is 49.8 Å². The molecule has 2 heterocycles. The number of Topliss-reactive ketones (excluding diaryl/α,β-unsaturated/α-hetero) is 2. The summed E-state index contributed by atoms with van der Waals surface area (Å²) in [6.07, 6.45) is 12.5. The molecule has 19 unspecified atom stereocenters. The van der Waals surface area contributed by atoms with Gasteiger partial charge in [0.1, 0.15) is 5.75 Å². The molecular formula is C66H93N5O10. The van der Waals surface area contributed by atoms with Gasteiger partial charge in [-0.2, -0.15) is 0 Å². The Morgan fingerprint density at radius 3 is 2.43 bits per heavy atom. The Kier molecular flexibility index (Phi) is 17.0. The number of aryl methyl sites for hydroxylation is 1. The molecule has 0 radical (unpaired) electrons. The highest BCUT2D eigenvalue weighted by Crippen LogP contribution is 2.74. The lowest BCUT2D eigenvalue weighted by molar-refractivity contribution is -0.201. The number of aromatic nitrogens is 1. The van der Waals surface area contributed by atoms with Gasteiger partial charge in [0.05, 0.1) is 54.3 Å². The van der Waals surface area contributed by atoms with Crippen LogP contribution in [0.1, 0.15) is 167 Å². The first-order valence-corrected chi connectivity index (χ1v) is 30.9. The maximum Gasteiger partial charge on any atom is 0.313 e. The van der Waals surface area contributed by atoms with Crippen molar-refractivity contribution in [3.05, 3.63) is 76.8 Å². The van der Waals surface area contributed by atoms with Gasteiger partial charge in [0, 0.05) is 60.4 Å². The quantitative estimate of drug-likeness (QED) is 0.0205. The number of allylic oxidation sites excluding steroid dienone is 3. The number of nitrogens with two attached hydrogens (primary N) is 2. The number of ketones is 2. The molecule has 1 aromatic heterocycles. The van der Waals surface area contributed by atoms with Crippen LogP contribution in [0.3, 0.4) is 0 Å². The van der Waals surface area contributed by atoms with Gasteiger partial charge in [-0.25, -0.2) is 0 Å². The van der Waals surface area contributed by atoms with Gasteiger partial charge in [-0.05, 0) is 179 Å². The van der Waals surface area contributed by atoms with Crippen molar-refractivity contribution in [2.75, 3.05) is 19.7 Å². The van der Waals surface area contributed by atoms with Crippen LogP contribution in [-0.4, -0.2) is 108 Å². The van der Waals surface area contributed by atoms with Gasteiger partial charge in [0.2, 0.25) is 0 Å². The number of rotatable bonds is 15. The number of H-pyrrole nitrogens is 1. The Morgan fingerprint density at radius 1 is 0.938 bits per heavy atom. The fourth-order valence-electron chi connectivity index (χ4n) is 18.8. The molecule has 1 aromatic carbocycles. The number of ether oxygens (including phenoxy) is 1. The van der Waals surface area contributed by atoms with Crippen LogP contribution < -0.4 is 16.8 Å². The van der Waals surface area contributed by atoms with Crippen molar-refractivity contribution >= 4 is 23.5 Å². The summed E-state index contributed by atoms with van der Waals surface area (Å²) in [5, 5.41) is 78.4. The van der Waals surface area contributed by atoms with E-state index in [0.29, 0.717) is 49.5 Å². The molecule has 15 heteroatoms. The van der Waals surface area contributed by atoms with Crippen LogP contribution in [0.25, 0.3) is 0 Å². The molecule has 4 saturated carbocycles. The number of hydrogen-bond acceptors (Lipinski definition) is 12. The van der Waals surface area contributed by atoms with E-state index in [-0.39, 0.29) is 129 Å². The van der Waals surface area contributed by atoms with Gasteiger partial charge >= 0.3 is 5.97 Å². The second kappa shape index (κ2) is 23.2. The SMILES string of the molecule is CCCCCC12CC(O)C(O)CC1(C)C1CCC3(CCN=C(N)N)C4C(CC#CC(C5COC(=O)C5c5cc[nH]c5)CC5C6CC(C)CCC6=CCC5C(C)CC(O)C4(C)O)CC3(O)C1=C(NCC(=O)CCc1ccc(O)cc1)C2=O. The van der Waals surface area contributed by atoms with Gasteiger partial charge in [-0.1, -0.05) is 76.7 Å². The summed E-state index contributed by atoms with van der Waals surface area (Å²) in [5.41, 5.74) is 8.94. The molecule has 1 aliphatic heterocycles. The number of nitrogens with zero attached hydrogens (tertiary/aromatic N) is 1. The fraction of sp³-hybridized carbons (Fsp3) is 0.697. The van der Waals surface area contributed by atoms with Gasteiger partial charge in [-0.15, -0.1) is 5.92 Å². The summed E-state index contributed by atoms with van der Waals surface area (Å²) in [7, 11) is 0. The standard InChI is InChI=1S/C66H93N5O10/c1-6-7-8-24-65-34-53(75)52(74)33-62(65,4)51-22-25-64(26-28-70-61(67)68)58-43(32-66(64,80)56(51)57(59(65)77)71-36-46(73)20-15-40-13-18-45(72)19-14-40)11-9-10-42(50-37-81-60(78)55(50)44-23-27-69-35-44)31-49-47(39(3)30-54(76)63(58,5)79)21-17-41-16-12-38(2)29-48(41)49/h13-14,17-19,23,27,35,38-39,42-43,47-55,58,69,71-72,74-76,79-80H,6-8,11-12,15-16,20-22,24-26,28-34,36-37H2,1-5H3,(H4,67,68,70). The molecule has 81 heavy (non-hydrogen) atoms. The minimum absolute atomic E-state index is 0.0213. The van der Waals surface area contributed by atoms with Crippen molar-refractivity contribution in [3.63, 3.8) is 0 Å². The predicted octanol–water partition coefficient (Wildman–Crippen LogP) is 7.67. The number of fused-ring (bicyclic) bond motifs is 10. The third kappa shape index (κ3) is 10.5. The first-order chi connectivity index (χ1) is 38.6. The Labute approximate surface area is 479 Å². The van der Waals surface area contributed by atoms with Crippen molar-refractivity contribution in [2.45, 2.75) is 192 Å². The van der Waals surface area contributed by atoms with Gasteiger partial charge in [0.25, 0.3) is 0 Å². The van der Waals surface area contributed by atoms with E-state index in [9.17, 15) is 40.2 Å². The van der Waals surface area contributed by atoms with E-state index >= 15 is 4.79 Å². The molecule has 8 aliphatic rings. The van der Waals surface area contributed by atoms with Crippen molar-refractivity contribution in [2.24, 2.45) is 91.9 Å². The van der Waals surface area contributed by atoms with E-state index in [1.54, 1.807) is 31.2 Å². The smallest absolute Gasteiger partial charge is 0.313 e. The number of aliphatic hydroxyl groups is 5. The Bertz CT molecular complexity index is 2790. The Hall–Kier alpha value is -4.98. The number of aromatic hydroxyl groups is 1. The van der Waals surface area contributed by atoms with Crippen LogP contribution in [0.15, 0.2) is 70.6 Å². The third-order valence-electron chi connectivity index (χ3n) is 22.9. The highest BCUT2D eigenvalue weighted by atomic mass is 16.5.